The van der Waals surface area contributed by atoms with Gasteiger partial charge in [0.2, 0.25) is 0 Å². The minimum atomic E-state index is 0.160. The van der Waals surface area contributed by atoms with E-state index in [9.17, 15) is 4.79 Å². The lowest BCUT2D eigenvalue weighted by Gasteiger charge is -2.61. The second kappa shape index (κ2) is 4.81. The maximum atomic E-state index is 11.9. The summed E-state index contributed by atoms with van der Waals surface area (Å²) in [5.41, 5.74) is 0.600. The molecule has 6 atom stereocenters. The third kappa shape index (κ3) is 2.04. The molecule has 1 heterocycles. The highest BCUT2D eigenvalue weighted by molar-refractivity contribution is 5.79. The Morgan fingerprint density at radius 1 is 1.05 bits per heavy atom. The fraction of sp³-hybridized carbons (Fsp3) is 0.947. The first-order valence-electron chi connectivity index (χ1n) is 9.19. The Labute approximate surface area is 129 Å². The van der Waals surface area contributed by atoms with Crippen LogP contribution >= 0.6 is 0 Å². The Morgan fingerprint density at radius 2 is 1.90 bits per heavy atom. The van der Waals surface area contributed by atoms with E-state index in [-0.39, 0.29) is 5.60 Å². The Balaban J connectivity index is 1.62. The third-order valence-electron chi connectivity index (χ3n) is 7.91. The van der Waals surface area contributed by atoms with Crippen LogP contribution in [0.2, 0.25) is 0 Å². The molecule has 2 nitrogen and oxygen atoms in total. The molecule has 0 aromatic carbocycles. The van der Waals surface area contributed by atoms with E-state index in [1.807, 2.05) is 0 Å². The van der Waals surface area contributed by atoms with Crippen LogP contribution in [0.25, 0.3) is 0 Å². The van der Waals surface area contributed by atoms with Crippen LogP contribution in [0.3, 0.4) is 0 Å². The van der Waals surface area contributed by atoms with Crippen molar-refractivity contribution >= 4 is 5.78 Å². The molecule has 4 rings (SSSR count). The van der Waals surface area contributed by atoms with Gasteiger partial charge in [0.25, 0.3) is 0 Å². The second-order valence-corrected chi connectivity index (χ2v) is 8.74. The smallest absolute Gasteiger partial charge is 0.133 e. The van der Waals surface area contributed by atoms with E-state index in [0.717, 1.165) is 43.6 Å². The summed E-state index contributed by atoms with van der Waals surface area (Å²) in [6.45, 7) is 5.87. The van der Waals surface area contributed by atoms with E-state index in [1.54, 1.807) is 0 Å². The predicted octanol–water partition coefficient (Wildman–Crippen LogP) is 4.37. The molecule has 3 saturated carbocycles. The van der Waals surface area contributed by atoms with Gasteiger partial charge in [-0.15, -0.1) is 0 Å². The maximum absolute atomic E-state index is 11.9. The molecule has 1 aliphatic heterocycles. The fourth-order valence-electron chi connectivity index (χ4n) is 6.64. The van der Waals surface area contributed by atoms with Crippen LogP contribution in [-0.4, -0.2) is 18.0 Å². The van der Waals surface area contributed by atoms with Gasteiger partial charge in [0.1, 0.15) is 5.78 Å². The standard InChI is InChI=1S/C19H30O2/c1-18-9-7-14(20)12-13(18)5-6-15-16(18)8-10-19(2)17(15)4-3-11-21-19/h13,15-17H,3-12H2,1-2H3. The summed E-state index contributed by atoms with van der Waals surface area (Å²) >= 11 is 0. The highest BCUT2D eigenvalue weighted by Crippen LogP contribution is 2.62. The van der Waals surface area contributed by atoms with Gasteiger partial charge >= 0.3 is 0 Å². The zero-order valence-electron chi connectivity index (χ0n) is 13.7. The normalized spacial score (nSPS) is 53.5. The van der Waals surface area contributed by atoms with Crippen molar-refractivity contribution in [3.63, 3.8) is 0 Å². The van der Waals surface area contributed by atoms with Crippen LogP contribution in [-0.2, 0) is 9.53 Å². The van der Waals surface area contributed by atoms with Gasteiger partial charge in [-0.05, 0) is 81.0 Å². The van der Waals surface area contributed by atoms with Crippen molar-refractivity contribution in [2.24, 2.45) is 29.1 Å². The summed E-state index contributed by atoms with van der Waals surface area (Å²) in [4.78, 5) is 11.9. The maximum Gasteiger partial charge on any atom is 0.133 e. The van der Waals surface area contributed by atoms with Crippen molar-refractivity contribution in [1.29, 1.82) is 0 Å². The van der Waals surface area contributed by atoms with Gasteiger partial charge in [-0.1, -0.05) is 6.92 Å². The molecule has 1 saturated heterocycles. The van der Waals surface area contributed by atoms with E-state index < -0.39 is 0 Å². The molecule has 0 spiro atoms. The molecule has 118 valence electrons. The van der Waals surface area contributed by atoms with Crippen LogP contribution in [0.5, 0.6) is 0 Å². The Kier molecular flexibility index (Phi) is 3.26. The molecule has 4 fully saturated rings. The van der Waals surface area contributed by atoms with Crippen molar-refractivity contribution in [1.82, 2.24) is 0 Å². The first-order chi connectivity index (χ1) is 10.0. The Bertz CT molecular complexity index is 445. The molecule has 0 radical (unpaired) electrons. The van der Waals surface area contributed by atoms with E-state index in [1.165, 1.54) is 38.5 Å². The van der Waals surface area contributed by atoms with Crippen LogP contribution in [0.1, 0.15) is 71.6 Å². The average molecular weight is 290 g/mol. The topological polar surface area (TPSA) is 26.3 Å². The van der Waals surface area contributed by atoms with Gasteiger partial charge in [-0.25, -0.2) is 0 Å². The van der Waals surface area contributed by atoms with Crippen LogP contribution in [0.4, 0.5) is 0 Å². The summed E-state index contributed by atoms with van der Waals surface area (Å²) in [6, 6.07) is 0. The summed E-state index contributed by atoms with van der Waals surface area (Å²) in [5.74, 6) is 3.69. The molecule has 0 amide bonds. The number of fused-ring (bicyclic) bond motifs is 5. The highest BCUT2D eigenvalue weighted by atomic mass is 16.5. The Hall–Kier alpha value is -0.370. The monoisotopic (exact) mass is 290 g/mol. The molecular weight excluding hydrogens is 260 g/mol. The van der Waals surface area contributed by atoms with Crippen molar-refractivity contribution in [3.8, 4) is 0 Å². The minimum Gasteiger partial charge on any atom is -0.375 e. The van der Waals surface area contributed by atoms with Crippen LogP contribution in [0, 0.1) is 29.1 Å². The van der Waals surface area contributed by atoms with Gasteiger partial charge in [0.05, 0.1) is 5.60 Å². The zero-order valence-corrected chi connectivity index (χ0v) is 13.7. The van der Waals surface area contributed by atoms with Crippen molar-refractivity contribution in [2.75, 3.05) is 6.61 Å². The molecule has 0 aromatic heterocycles. The summed E-state index contributed by atoms with van der Waals surface area (Å²) in [5, 5.41) is 0. The number of carbonyl (C=O) groups is 1. The van der Waals surface area contributed by atoms with Gasteiger partial charge in [-0.2, -0.15) is 0 Å². The molecule has 21 heavy (non-hydrogen) atoms. The van der Waals surface area contributed by atoms with Gasteiger partial charge in [0.15, 0.2) is 0 Å². The number of carbonyl (C=O) groups excluding carboxylic acids is 1. The van der Waals surface area contributed by atoms with Gasteiger partial charge < -0.3 is 4.74 Å². The average Bonchev–Trinajstić information content (AvgIpc) is 2.47. The first-order valence-corrected chi connectivity index (χ1v) is 9.19. The molecular formula is C19H30O2. The quantitative estimate of drug-likeness (QED) is 0.662. The molecule has 0 bridgehead atoms. The van der Waals surface area contributed by atoms with Crippen molar-refractivity contribution in [2.45, 2.75) is 77.2 Å². The minimum absolute atomic E-state index is 0.160. The van der Waals surface area contributed by atoms with E-state index >= 15 is 0 Å². The van der Waals surface area contributed by atoms with E-state index in [4.69, 9.17) is 4.74 Å². The summed E-state index contributed by atoms with van der Waals surface area (Å²) in [7, 11) is 0. The molecule has 2 heteroatoms. The van der Waals surface area contributed by atoms with Crippen LogP contribution in [0.15, 0.2) is 0 Å². The lowest BCUT2D eigenvalue weighted by molar-refractivity contribution is -0.192. The molecule has 0 N–H and O–H groups in total. The lowest BCUT2D eigenvalue weighted by atomic mass is 9.46. The number of ether oxygens (including phenoxy) is 1. The largest absolute Gasteiger partial charge is 0.375 e. The number of rotatable bonds is 0. The summed E-state index contributed by atoms with van der Waals surface area (Å²) in [6.07, 6.45) is 10.7. The zero-order chi connectivity index (χ0) is 14.7. The van der Waals surface area contributed by atoms with Crippen molar-refractivity contribution in [3.05, 3.63) is 0 Å². The molecule has 4 aliphatic rings. The fourth-order valence-corrected chi connectivity index (χ4v) is 6.64. The second-order valence-electron chi connectivity index (χ2n) is 8.74. The number of hydrogen-bond donors (Lipinski definition) is 0. The SMILES string of the molecule is CC12CCC3C(CCC4CC(=O)CCC43C)C1CCCO2. The molecule has 0 aromatic rings. The van der Waals surface area contributed by atoms with Crippen LogP contribution < -0.4 is 0 Å². The van der Waals surface area contributed by atoms with Gasteiger partial charge in [-0.3, -0.25) is 4.79 Å². The Morgan fingerprint density at radius 3 is 2.76 bits per heavy atom. The lowest BCUT2D eigenvalue weighted by Crippen LogP contribution is -2.57. The number of Topliss-reactive ketones (excluding diaryl/α,β-unsaturated/α-hetero) is 1. The molecule has 3 aliphatic carbocycles. The third-order valence-corrected chi connectivity index (χ3v) is 7.91. The highest BCUT2D eigenvalue weighted by Gasteiger charge is 2.57. The molecule has 6 unspecified atom stereocenters. The van der Waals surface area contributed by atoms with Crippen molar-refractivity contribution < 1.29 is 9.53 Å². The first kappa shape index (κ1) is 14.2. The van der Waals surface area contributed by atoms with E-state index in [2.05, 4.69) is 13.8 Å². The van der Waals surface area contributed by atoms with Gasteiger partial charge in [0, 0.05) is 19.4 Å². The predicted molar refractivity (Wildman–Crippen MR) is 83.0 cm³/mol. The van der Waals surface area contributed by atoms with E-state index in [0.29, 0.717) is 17.1 Å². The number of hydrogen-bond acceptors (Lipinski definition) is 2. The summed E-state index contributed by atoms with van der Waals surface area (Å²) < 4.78 is 6.25. The number of ketones is 1.